The van der Waals surface area contributed by atoms with Crippen LogP contribution in [-0.4, -0.2) is 40.7 Å². The summed E-state index contributed by atoms with van der Waals surface area (Å²) in [5.41, 5.74) is 1.30. The van der Waals surface area contributed by atoms with Crippen molar-refractivity contribution in [1.29, 1.82) is 0 Å². The Hall–Kier alpha value is -3.13. The molecule has 0 heterocycles. The number of methoxy groups -OCH3 is 3. The van der Waals surface area contributed by atoms with Crippen molar-refractivity contribution in [3.63, 3.8) is 0 Å². The van der Waals surface area contributed by atoms with E-state index in [0.717, 1.165) is 0 Å². The number of anilines is 1. The summed E-state index contributed by atoms with van der Waals surface area (Å²) in [5.74, 6) is 0.955. The molecule has 1 atom stereocenters. The molecule has 0 amide bonds. The van der Waals surface area contributed by atoms with Gasteiger partial charge in [-0.05, 0) is 35.8 Å². The third-order valence-electron chi connectivity index (χ3n) is 5.97. The maximum Gasteiger partial charge on any atom is 0.333 e. The quantitative estimate of drug-likeness (QED) is 0.329. The number of benzene rings is 2. The lowest BCUT2D eigenvalue weighted by atomic mass is 9.99. The van der Waals surface area contributed by atoms with Crippen molar-refractivity contribution in [2.24, 2.45) is 0 Å². The number of carboxylic acid groups (broad SMARTS) is 1. The van der Waals surface area contributed by atoms with Crippen LogP contribution in [0.15, 0.2) is 48.6 Å². The smallest absolute Gasteiger partial charge is 0.333 e. The van der Waals surface area contributed by atoms with Crippen molar-refractivity contribution in [3.05, 3.63) is 54.1 Å². The molecule has 0 bridgehead atoms. The summed E-state index contributed by atoms with van der Waals surface area (Å²) in [7, 11) is 2.50. The molecule has 0 aliphatic heterocycles. The molecule has 2 aromatic rings. The van der Waals surface area contributed by atoms with Gasteiger partial charge in [0.2, 0.25) is 14.1 Å². The highest BCUT2D eigenvalue weighted by Crippen LogP contribution is 2.42. The van der Waals surface area contributed by atoms with E-state index in [1.807, 2.05) is 24.3 Å². The van der Waals surface area contributed by atoms with E-state index in [1.165, 1.54) is 21.3 Å². The van der Waals surface area contributed by atoms with Crippen molar-refractivity contribution in [2.45, 2.75) is 44.9 Å². The van der Waals surface area contributed by atoms with Gasteiger partial charge >= 0.3 is 5.97 Å². The minimum atomic E-state index is -2.07. The van der Waals surface area contributed by atoms with E-state index in [9.17, 15) is 9.90 Å². The van der Waals surface area contributed by atoms with Crippen LogP contribution >= 0.6 is 0 Å². The summed E-state index contributed by atoms with van der Waals surface area (Å²) in [6, 6.07) is 10.2. The minimum absolute atomic E-state index is 0.00627. The maximum atomic E-state index is 11.9. The molecule has 2 rings (SSSR count). The van der Waals surface area contributed by atoms with Crippen molar-refractivity contribution < 1.29 is 28.5 Å². The van der Waals surface area contributed by atoms with Crippen molar-refractivity contribution in [3.8, 4) is 23.0 Å². The van der Waals surface area contributed by atoms with Gasteiger partial charge in [-0.25, -0.2) is 4.79 Å². The number of hydrogen-bond acceptors (Lipinski definition) is 6. The number of hydrogen-bond donors (Lipinski definition) is 2. The molecule has 0 saturated carbocycles. The van der Waals surface area contributed by atoms with Crippen molar-refractivity contribution in [1.82, 2.24) is 0 Å². The Morgan fingerprint density at radius 3 is 2.06 bits per heavy atom. The van der Waals surface area contributed by atoms with Gasteiger partial charge in [0.15, 0.2) is 11.5 Å². The molecule has 2 aromatic carbocycles. The molecule has 7 nitrogen and oxygen atoms in total. The van der Waals surface area contributed by atoms with Gasteiger partial charge in [-0.2, -0.15) is 0 Å². The van der Waals surface area contributed by atoms with E-state index in [4.69, 9.17) is 18.6 Å². The third kappa shape index (κ3) is 6.01. The van der Waals surface area contributed by atoms with E-state index in [0.29, 0.717) is 34.2 Å². The van der Waals surface area contributed by atoms with Gasteiger partial charge in [0.05, 0.1) is 32.9 Å². The largest absolute Gasteiger partial charge is 0.543 e. The first-order valence-corrected chi connectivity index (χ1v) is 13.5. The monoisotopic (exact) mass is 473 g/mol. The van der Waals surface area contributed by atoms with Crippen molar-refractivity contribution >= 4 is 20.0 Å². The number of ether oxygens (including phenoxy) is 3. The lowest BCUT2D eigenvalue weighted by molar-refractivity contribution is -0.132. The van der Waals surface area contributed by atoms with Crippen LogP contribution in [0.2, 0.25) is 18.1 Å². The Morgan fingerprint density at radius 1 is 1.03 bits per heavy atom. The van der Waals surface area contributed by atoms with Crippen LogP contribution < -0.4 is 24.0 Å². The Bertz CT molecular complexity index is 987. The summed E-state index contributed by atoms with van der Waals surface area (Å²) in [6.07, 6.45) is 0. The second-order valence-corrected chi connectivity index (χ2v) is 14.0. The minimum Gasteiger partial charge on any atom is -0.543 e. The topological polar surface area (TPSA) is 86.3 Å². The third-order valence-corrected chi connectivity index (χ3v) is 10.3. The number of carboxylic acids is 1. The van der Waals surface area contributed by atoms with Crippen LogP contribution in [0.5, 0.6) is 23.0 Å². The summed E-state index contributed by atoms with van der Waals surface area (Å²) in [4.78, 5) is 11.9. The van der Waals surface area contributed by atoms with E-state index < -0.39 is 20.3 Å². The van der Waals surface area contributed by atoms with Gasteiger partial charge in [0.1, 0.15) is 5.75 Å². The van der Waals surface area contributed by atoms with Crippen LogP contribution in [0.4, 0.5) is 5.69 Å². The molecule has 0 unspecified atom stereocenters. The van der Waals surface area contributed by atoms with Crippen LogP contribution in [0.1, 0.15) is 32.4 Å². The molecule has 8 heteroatoms. The van der Waals surface area contributed by atoms with Crippen LogP contribution in [0.25, 0.3) is 0 Å². The molecular formula is C25H35NO6Si. The van der Waals surface area contributed by atoms with Gasteiger partial charge in [0.25, 0.3) is 0 Å². The first-order valence-electron chi connectivity index (χ1n) is 10.6. The molecule has 0 fully saturated rings. The van der Waals surface area contributed by atoms with Gasteiger partial charge in [-0.15, -0.1) is 0 Å². The summed E-state index contributed by atoms with van der Waals surface area (Å²) in [5, 5.41) is 13.0. The second-order valence-electron chi connectivity index (χ2n) is 9.26. The zero-order valence-electron chi connectivity index (χ0n) is 20.7. The summed E-state index contributed by atoms with van der Waals surface area (Å²) in [6.45, 7) is 14.7. The number of carbonyl (C=O) groups is 1. The SMILES string of the molecule is C=C(C(=O)O)[C@@H](Nc1cc(OC)c(OC)c(OC)c1)c1cccc(O[Si](C)(C)C(C)(C)C)c1. The zero-order valence-corrected chi connectivity index (χ0v) is 21.7. The van der Waals surface area contributed by atoms with E-state index in [2.05, 4.69) is 45.8 Å². The fourth-order valence-electron chi connectivity index (χ4n) is 3.03. The Kier molecular flexibility index (Phi) is 8.08. The molecule has 0 saturated heterocycles. The van der Waals surface area contributed by atoms with Gasteiger partial charge in [-0.1, -0.05) is 39.5 Å². The molecule has 33 heavy (non-hydrogen) atoms. The fraction of sp³-hybridized carbons (Fsp3) is 0.400. The van der Waals surface area contributed by atoms with Gasteiger partial charge in [-0.3, -0.25) is 0 Å². The molecular weight excluding hydrogens is 438 g/mol. The molecule has 0 aliphatic carbocycles. The Balaban J connectivity index is 2.49. The van der Waals surface area contributed by atoms with Gasteiger partial charge in [0, 0.05) is 17.8 Å². The van der Waals surface area contributed by atoms with E-state index in [1.54, 1.807) is 12.1 Å². The van der Waals surface area contributed by atoms with Crippen molar-refractivity contribution in [2.75, 3.05) is 26.6 Å². The van der Waals surface area contributed by atoms with E-state index >= 15 is 0 Å². The molecule has 0 radical (unpaired) electrons. The summed E-state index contributed by atoms with van der Waals surface area (Å²) >= 11 is 0. The molecule has 180 valence electrons. The summed E-state index contributed by atoms with van der Waals surface area (Å²) < 4.78 is 22.6. The predicted molar refractivity (Wildman–Crippen MR) is 134 cm³/mol. The molecule has 0 aromatic heterocycles. The second kappa shape index (κ2) is 10.2. The average Bonchev–Trinajstić information content (AvgIpc) is 2.75. The number of aliphatic carboxylic acids is 1. The zero-order chi connectivity index (χ0) is 25.0. The molecule has 0 spiro atoms. The fourth-order valence-corrected chi connectivity index (χ4v) is 4.05. The Morgan fingerprint density at radius 2 is 1.61 bits per heavy atom. The van der Waals surface area contributed by atoms with E-state index in [-0.39, 0.29) is 10.6 Å². The highest BCUT2D eigenvalue weighted by atomic mass is 28.4. The number of nitrogens with one attached hydrogen (secondary N) is 1. The Labute approximate surface area is 197 Å². The van der Waals surface area contributed by atoms with Crippen LogP contribution in [-0.2, 0) is 4.79 Å². The molecule has 2 N–H and O–H groups in total. The van der Waals surface area contributed by atoms with Crippen LogP contribution in [0.3, 0.4) is 0 Å². The highest BCUT2D eigenvalue weighted by Gasteiger charge is 2.39. The molecule has 0 aliphatic rings. The normalized spacial score (nSPS) is 12.5. The standard InChI is InChI=1S/C25H35NO6Si/c1-16(24(27)28)22(26-18-14-20(29-5)23(31-7)21(15-18)30-6)17-11-10-12-19(13-17)32-33(8,9)25(2,3)4/h10-15,22,26H,1H2,2-9H3,(H,27,28)/t22-/m1/s1. The van der Waals surface area contributed by atoms with Gasteiger partial charge < -0.3 is 29.1 Å². The lowest BCUT2D eigenvalue weighted by Crippen LogP contribution is -2.43. The number of rotatable bonds is 10. The maximum absolute atomic E-state index is 11.9. The predicted octanol–water partition coefficient (Wildman–Crippen LogP) is 5.89. The first-order chi connectivity index (χ1) is 15.3. The lowest BCUT2D eigenvalue weighted by Gasteiger charge is -2.36. The highest BCUT2D eigenvalue weighted by molar-refractivity contribution is 6.74. The average molecular weight is 474 g/mol. The van der Waals surface area contributed by atoms with Crippen LogP contribution in [0, 0.1) is 0 Å². The first kappa shape index (κ1) is 26.1.